The summed E-state index contributed by atoms with van der Waals surface area (Å²) in [6.07, 6.45) is 0. The maximum absolute atomic E-state index is 5.31. The van der Waals surface area contributed by atoms with Gasteiger partial charge in [0, 0.05) is 18.5 Å². The van der Waals surface area contributed by atoms with Crippen LogP contribution in [0.5, 0.6) is 0 Å². The molecule has 84 valence electrons. The Hall–Kier alpha value is -1.17. The topological polar surface area (TPSA) is 37.4 Å². The molecular weight excluding hydrogens is 222 g/mol. The molecule has 1 aromatic heterocycles. The third-order valence-corrected chi connectivity index (χ3v) is 3.44. The van der Waals surface area contributed by atoms with Gasteiger partial charge in [0.25, 0.3) is 0 Å². The molecule has 0 bridgehead atoms. The van der Waals surface area contributed by atoms with Crippen LogP contribution in [0.25, 0.3) is 10.9 Å². The molecule has 1 saturated heterocycles. The van der Waals surface area contributed by atoms with E-state index in [1.165, 1.54) is 16.9 Å². The molecule has 0 radical (unpaired) electrons. The van der Waals surface area contributed by atoms with Crippen LogP contribution in [0.3, 0.4) is 0 Å². The highest BCUT2D eigenvalue weighted by Crippen LogP contribution is 2.27. The lowest BCUT2D eigenvalue weighted by molar-refractivity contribution is 0.0499. The lowest BCUT2D eigenvalue weighted by Crippen LogP contribution is -2.40. The first-order chi connectivity index (χ1) is 7.93. The second-order valence-electron chi connectivity index (χ2n) is 3.74. The first-order valence-electron chi connectivity index (χ1n) is 5.37. The predicted molar refractivity (Wildman–Crippen MR) is 65.6 cm³/mol. The van der Waals surface area contributed by atoms with Gasteiger partial charge in [-0.25, -0.2) is 5.01 Å². The Kier molecular flexibility index (Phi) is 2.73. The number of hydrogen-bond donors (Lipinski definition) is 1. The molecule has 2 aromatic rings. The smallest absolute Gasteiger partial charge is 0.131 e. The third kappa shape index (κ3) is 1.89. The van der Waals surface area contributed by atoms with Crippen molar-refractivity contribution >= 4 is 27.4 Å². The number of aromatic nitrogens is 1. The molecule has 0 saturated carbocycles. The normalized spacial score (nSPS) is 17.8. The van der Waals surface area contributed by atoms with Crippen LogP contribution in [-0.2, 0) is 4.74 Å². The number of morpholine rings is 1. The zero-order chi connectivity index (χ0) is 10.8. The average Bonchev–Trinajstić information content (AvgIpc) is 2.74. The number of benzene rings is 1. The van der Waals surface area contributed by atoms with Crippen molar-refractivity contribution in [3.63, 3.8) is 0 Å². The fraction of sp³-hybridized carbons (Fsp3) is 0.364. The highest BCUT2D eigenvalue weighted by Gasteiger charge is 2.12. The summed E-state index contributed by atoms with van der Waals surface area (Å²) in [5.41, 5.74) is 4.47. The molecule has 3 rings (SSSR count). The summed E-state index contributed by atoms with van der Waals surface area (Å²) in [5, 5.41) is 4.50. The van der Waals surface area contributed by atoms with Crippen LogP contribution in [0.15, 0.2) is 24.3 Å². The van der Waals surface area contributed by atoms with Crippen LogP contribution in [0.4, 0.5) is 5.00 Å². The van der Waals surface area contributed by atoms with Gasteiger partial charge in [-0.1, -0.05) is 12.1 Å². The molecule has 0 unspecified atom stereocenters. The third-order valence-electron chi connectivity index (χ3n) is 2.65. The van der Waals surface area contributed by atoms with Crippen molar-refractivity contribution in [3.05, 3.63) is 24.3 Å². The first-order valence-corrected chi connectivity index (χ1v) is 6.14. The summed E-state index contributed by atoms with van der Waals surface area (Å²) < 4.78 is 9.72. The zero-order valence-corrected chi connectivity index (χ0v) is 9.67. The molecule has 0 aliphatic carbocycles. The highest BCUT2D eigenvalue weighted by atomic mass is 32.1. The van der Waals surface area contributed by atoms with Gasteiger partial charge in [0.15, 0.2) is 0 Å². The number of nitrogens with one attached hydrogen (secondary N) is 1. The number of nitrogens with zero attached hydrogens (tertiary/aromatic N) is 2. The Balaban J connectivity index is 1.83. The van der Waals surface area contributed by atoms with Gasteiger partial charge >= 0.3 is 0 Å². The van der Waals surface area contributed by atoms with E-state index in [1.54, 1.807) is 0 Å². The number of hydrogen-bond acceptors (Lipinski definition) is 5. The van der Waals surface area contributed by atoms with E-state index < -0.39 is 0 Å². The van der Waals surface area contributed by atoms with Crippen molar-refractivity contribution in [2.75, 3.05) is 31.7 Å². The average molecular weight is 235 g/mol. The van der Waals surface area contributed by atoms with Gasteiger partial charge in [0.2, 0.25) is 0 Å². The number of hydrazine groups is 1. The largest absolute Gasteiger partial charge is 0.379 e. The molecule has 1 aliphatic rings. The lowest BCUT2D eigenvalue weighted by Gasteiger charge is -2.27. The Morgan fingerprint density at radius 3 is 2.94 bits per heavy atom. The summed E-state index contributed by atoms with van der Waals surface area (Å²) in [7, 11) is 0. The molecule has 5 heteroatoms. The van der Waals surface area contributed by atoms with E-state index in [-0.39, 0.29) is 0 Å². The van der Waals surface area contributed by atoms with Gasteiger partial charge in [0.05, 0.1) is 18.7 Å². The van der Waals surface area contributed by atoms with E-state index in [1.807, 2.05) is 18.2 Å². The maximum atomic E-state index is 5.31. The molecule has 0 atom stereocenters. The van der Waals surface area contributed by atoms with Gasteiger partial charge in [-0.3, -0.25) is 0 Å². The Bertz CT molecular complexity index is 479. The molecule has 1 aromatic carbocycles. The van der Waals surface area contributed by atoms with E-state index in [2.05, 4.69) is 20.9 Å². The predicted octanol–water partition coefficient (Wildman–Crippen LogP) is 1.96. The van der Waals surface area contributed by atoms with Crippen LogP contribution < -0.4 is 5.43 Å². The summed E-state index contributed by atoms with van der Waals surface area (Å²) in [6.45, 7) is 3.44. The van der Waals surface area contributed by atoms with E-state index in [0.29, 0.717) is 0 Å². The SMILES string of the molecule is c1ccc2c(NN3CCOCC3)snc2c1. The molecule has 1 fully saturated rings. The van der Waals surface area contributed by atoms with Gasteiger partial charge in [-0.05, 0) is 23.7 Å². The minimum absolute atomic E-state index is 0.795. The summed E-state index contributed by atoms with van der Waals surface area (Å²) in [6, 6.07) is 8.19. The quantitative estimate of drug-likeness (QED) is 0.863. The molecule has 0 amide bonds. The van der Waals surface area contributed by atoms with Crippen molar-refractivity contribution in [1.29, 1.82) is 0 Å². The second kappa shape index (κ2) is 4.37. The van der Waals surface area contributed by atoms with Crippen molar-refractivity contribution in [2.24, 2.45) is 0 Å². The van der Waals surface area contributed by atoms with Gasteiger partial charge in [-0.15, -0.1) is 0 Å². The summed E-state index contributed by atoms with van der Waals surface area (Å²) in [4.78, 5) is 0. The molecule has 1 N–H and O–H groups in total. The van der Waals surface area contributed by atoms with E-state index in [0.717, 1.165) is 36.8 Å². The Morgan fingerprint density at radius 2 is 2.06 bits per heavy atom. The first kappa shape index (κ1) is 10.0. The number of ether oxygens (including phenoxy) is 1. The van der Waals surface area contributed by atoms with Crippen molar-refractivity contribution in [1.82, 2.24) is 9.38 Å². The molecule has 2 heterocycles. The summed E-state index contributed by atoms with van der Waals surface area (Å²) in [5.74, 6) is 0. The maximum Gasteiger partial charge on any atom is 0.131 e. The van der Waals surface area contributed by atoms with E-state index in [9.17, 15) is 0 Å². The second-order valence-corrected chi connectivity index (χ2v) is 4.51. The van der Waals surface area contributed by atoms with Crippen LogP contribution >= 0.6 is 11.5 Å². The zero-order valence-electron chi connectivity index (χ0n) is 8.85. The van der Waals surface area contributed by atoms with Crippen LogP contribution in [0.1, 0.15) is 0 Å². The van der Waals surface area contributed by atoms with E-state index in [4.69, 9.17) is 4.74 Å². The standard InChI is InChI=1S/C11H13N3OS/c1-2-4-10-9(3-1)11(16-13-10)12-14-5-7-15-8-6-14/h1-4,12H,5-8H2. The van der Waals surface area contributed by atoms with Gasteiger partial charge in [-0.2, -0.15) is 4.37 Å². The lowest BCUT2D eigenvalue weighted by atomic mass is 10.2. The number of rotatable bonds is 2. The minimum atomic E-state index is 0.795. The highest BCUT2D eigenvalue weighted by molar-refractivity contribution is 7.11. The molecular formula is C11H13N3OS. The van der Waals surface area contributed by atoms with Gasteiger partial charge in [0.1, 0.15) is 5.00 Å². The molecule has 1 aliphatic heterocycles. The fourth-order valence-electron chi connectivity index (χ4n) is 1.79. The van der Waals surface area contributed by atoms with Gasteiger partial charge < -0.3 is 10.2 Å². The molecule has 4 nitrogen and oxygen atoms in total. The monoisotopic (exact) mass is 235 g/mol. The molecule has 0 spiro atoms. The van der Waals surface area contributed by atoms with E-state index >= 15 is 0 Å². The van der Waals surface area contributed by atoms with Crippen molar-refractivity contribution in [2.45, 2.75) is 0 Å². The van der Waals surface area contributed by atoms with Crippen LogP contribution in [0.2, 0.25) is 0 Å². The van der Waals surface area contributed by atoms with Crippen LogP contribution in [0, 0.1) is 0 Å². The van der Waals surface area contributed by atoms with Crippen LogP contribution in [-0.4, -0.2) is 35.7 Å². The fourth-order valence-corrected chi connectivity index (χ4v) is 2.58. The summed E-state index contributed by atoms with van der Waals surface area (Å²) >= 11 is 1.51. The minimum Gasteiger partial charge on any atom is -0.379 e. The Morgan fingerprint density at radius 1 is 1.25 bits per heavy atom. The molecule has 16 heavy (non-hydrogen) atoms. The number of fused-ring (bicyclic) bond motifs is 1. The van der Waals surface area contributed by atoms with Crippen molar-refractivity contribution < 1.29 is 4.74 Å². The van der Waals surface area contributed by atoms with Crippen molar-refractivity contribution in [3.8, 4) is 0 Å². The number of anilines is 1. The Labute approximate surface area is 98.0 Å².